The fourth-order valence-electron chi connectivity index (χ4n) is 3.46. The molecule has 1 heterocycles. The van der Waals surface area contributed by atoms with Crippen molar-refractivity contribution in [1.29, 1.82) is 0 Å². The Hall–Kier alpha value is -3.67. The van der Waals surface area contributed by atoms with Crippen LogP contribution in [0.5, 0.6) is 0 Å². The molecule has 6 nitrogen and oxygen atoms in total. The summed E-state index contributed by atoms with van der Waals surface area (Å²) in [5.74, 6) is -1.40. The van der Waals surface area contributed by atoms with Gasteiger partial charge < -0.3 is 14.0 Å². The van der Waals surface area contributed by atoms with Gasteiger partial charge in [0.2, 0.25) is 5.78 Å². The summed E-state index contributed by atoms with van der Waals surface area (Å²) in [6.45, 7) is 7.56. The van der Waals surface area contributed by atoms with Crippen LogP contribution in [0.1, 0.15) is 53.6 Å². The van der Waals surface area contributed by atoms with Crippen molar-refractivity contribution in [3.63, 3.8) is 0 Å². The summed E-state index contributed by atoms with van der Waals surface area (Å²) in [6, 6.07) is 13.8. The predicted octanol–water partition coefficient (Wildman–Crippen LogP) is 4.54. The van der Waals surface area contributed by atoms with Crippen LogP contribution in [-0.2, 0) is 9.47 Å². The fourth-order valence-corrected chi connectivity index (χ4v) is 3.46. The summed E-state index contributed by atoms with van der Waals surface area (Å²) < 4.78 is 11.9. The molecule has 3 aromatic rings. The number of hydrogen-bond donors (Lipinski definition) is 0. The number of carbonyl (C=O) groups is 3. The molecule has 0 spiro atoms. The van der Waals surface area contributed by atoms with Crippen LogP contribution in [0, 0.1) is 27.7 Å². The Morgan fingerprint density at radius 1 is 0.806 bits per heavy atom. The maximum absolute atomic E-state index is 12.7. The Morgan fingerprint density at radius 3 is 2.00 bits per heavy atom. The lowest BCUT2D eigenvalue weighted by Crippen LogP contribution is -2.15. The van der Waals surface area contributed by atoms with Crippen molar-refractivity contribution in [2.45, 2.75) is 27.7 Å². The van der Waals surface area contributed by atoms with E-state index in [0.29, 0.717) is 11.1 Å². The molecule has 3 rings (SSSR count). The van der Waals surface area contributed by atoms with E-state index in [1.54, 1.807) is 0 Å². The third kappa shape index (κ3) is 4.58. The third-order valence-electron chi connectivity index (χ3n) is 5.36. The molecular weight excluding hydrogens is 394 g/mol. The molecule has 0 unspecified atom stereocenters. The van der Waals surface area contributed by atoms with Gasteiger partial charge in [-0.05, 0) is 81.3 Å². The van der Waals surface area contributed by atoms with Gasteiger partial charge in [-0.1, -0.05) is 6.07 Å². The molecule has 31 heavy (non-hydrogen) atoms. The zero-order valence-electron chi connectivity index (χ0n) is 18.3. The Balaban J connectivity index is 1.73. The highest BCUT2D eigenvalue weighted by molar-refractivity contribution is 6.00. The van der Waals surface area contributed by atoms with Gasteiger partial charge in [0, 0.05) is 22.6 Å². The fraction of sp³-hybridized carbons (Fsp3) is 0.240. The maximum atomic E-state index is 12.7. The number of benzene rings is 2. The number of methoxy groups -OCH3 is 1. The van der Waals surface area contributed by atoms with Crippen LogP contribution in [0.25, 0.3) is 5.69 Å². The Labute approximate surface area is 181 Å². The van der Waals surface area contributed by atoms with Crippen LogP contribution in [0.2, 0.25) is 0 Å². The molecule has 0 aliphatic heterocycles. The van der Waals surface area contributed by atoms with Crippen molar-refractivity contribution in [3.8, 4) is 5.69 Å². The van der Waals surface area contributed by atoms with Crippen molar-refractivity contribution in [1.82, 2.24) is 4.57 Å². The van der Waals surface area contributed by atoms with E-state index in [2.05, 4.69) is 30.7 Å². The topological polar surface area (TPSA) is 74.6 Å². The molecule has 0 bridgehead atoms. The summed E-state index contributed by atoms with van der Waals surface area (Å²) in [6.07, 6.45) is 0. The minimum absolute atomic E-state index is 0.251. The van der Waals surface area contributed by atoms with E-state index in [1.165, 1.54) is 42.5 Å². The van der Waals surface area contributed by atoms with Gasteiger partial charge in [-0.3, -0.25) is 4.79 Å². The average molecular weight is 419 g/mol. The van der Waals surface area contributed by atoms with Crippen LogP contribution in [0.3, 0.4) is 0 Å². The number of aryl methyl sites for hydroxylation is 3. The van der Waals surface area contributed by atoms with E-state index >= 15 is 0 Å². The van der Waals surface area contributed by atoms with Crippen LogP contribution in [0.4, 0.5) is 0 Å². The predicted molar refractivity (Wildman–Crippen MR) is 117 cm³/mol. The Kier molecular flexibility index (Phi) is 6.39. The molecule has 0 saturated heterocycles. The lowest BCUT2D eigenvalue weighted by molar-refractivity contribution is 0.0474. The summed E-state index contributed by atoms with van der Waals surface area (Å²) in [5, 5.41) is 0. The first-order valence-corrected chi connectivity index (χ1v) is 9.88. The molecule has 0 fully saturated rings. The Bertz CT molecular complexity index is 1160. The standard InChI is InChI=1S/C25H25NO5/c1-15-6-11-21(12-16(15)2)26-17(3)13-22(18(26)4)23(27)14-31-25(29)20-9-7-19(8-10-20)24(28)30-5/h6-13H,14H2,1-5H3. The summed E-state index contributed by atoms with van der Waals surface area (Å²) in [5.41, 5.74) is 6.18. The molecule has 0 aliphatic rings. The van der Waals surface area contributed by atoms with Gasteiger partial charge in [-0.15, -0.1) is 0 Å². The summed E-state index contributed by atoms with van der Waals surface area (Å²) in [7, 11) is 1.28. The van der Waals surface area contributed by atoms with Crippen LogP contribution in [0.15, 0.2) is 48.5 Å². The highest BCUT2D eigenvalue weighted by atomic mass is 16.5. The van der Waals surface area contributed by atoms with E-state index in [4.69, 9.17) is 4.74 Å². The first kappa shape index (κ1) is 22.0. The zero-order valence-corrected chi connectivity index (χ0v) is 18.3. The minimum atomic E-state index is -0.632. The lowest BCUT2D eigenvalue weighted by atomic mass is 10.1. The number of esters is 2. The van der Waals surface area contributed by atoms with E-state index in [1.807, 2.05) is 30.5 Å². The normalized spacial score (nSPS) is 10.6. The quantitative estimate of drug-likeness (QED) is 0.433. The molecule has 0 atom stereocenters. The highest BCUT2D eigenvalue weighted by Gasteiger charge is 2.19. The first-order chi connectivity index (χ1) is 14.7. The van der Waals surface area contributed by atoms with Gasteiger partial charge in [0.15, 0.2) is 6.61 Å². The summed E-state index contributed by atoms with van der Waals surface area (Å²) in [4.78, 5) is 36.5. The molecule has 160 valence electrons. The first-order valence-electron chi connectivity index (χ1n) is 9.88. The molecule has 0 amide bonds. The van der Waals surface area contributed by atoms with Crippen molar-refractivity contribution in [2.75, 3.05) is 13.7 Å². The van der Waals surface area contributed by atoms with Gasteiger partial charge in [0.05, 0.1) is 18.2 Å². The molecule has 2 aromatic carbocycles. The maximum Gasteiger partial charge on any atom is 0.338 e. The van der Waals surface area contributed by atoms with Crippen molar-refractivity contribution >= 4 is 17.7 Å². The van der Waals surface area contributed by atoms with E-state index < -0.39 is 11.9 Å². The molecular formula is C25H25NO5. The smallest absolute Gasteiger partial charge is 0.338 e. The number of nitrogens with zero attached hydrogens (tertiary/aromatic N) is 1. The van der Waals surface area contributed by atoms with Gasteiger partial charge in [-0.2, -0.15) is 0 Å². The van der Waals surface area contributed by atoms with Crippen molar-refractivity contribution < 1.29 is 23.9 Å². The van der Waals surface area contributed by atoms with Crippen LogP contribution >= 0.6 is 0 Å². The SMILES string of the molecule is COC(=O)c1ccc(C(=O)OCC(=O)c2cc(C)n(-c3ccc(C)c(C)c3)c2C)cc1. The zero-order chi connectivity index (χ0) is 22.7. The number of aromatic nitrogens is 1. The Morgan fingerprint density at radius 2 is 1.42 bits per heavy atom. The number of ether oxygens (including phenoxy) is 2. The van der Waals surface area contributed by atoms with E-state index in [9.17, 15) is 14.4 Å². The number of carbonyl (C=O) groups excluding carboxylic acids is 3. The van der Waals surface area contributed by atoms with Gasteiger partial charge in [-0.25, -0.2) is 9.59 Å². The second kappa shape index (κ2) is 9.00. The second-order valence-corrected chi connectivity index (χ2v) is 7.46. The van der Waals surface area contributed by atoms with Crippen LogP contribution in [-0.4, -0.2) is 36.0 Å². The van der Waals surface area contributed by atoms with Gasteiger partial charge in [0.1, 0.15) is 0 Å². The minimum Gasteiger partial charge on any atom is -0.465 e. The molecule has 6 heteroatoms. The molecule has 0 N–H and O–H groups in total. The number of Topliss-reactive ketones (excluding diaryl/α,β-unsaturated/α-hetero) is 1. The summed E-state index contributed by atoms with van der Waals surface area (Å²) >= 11 is 0. The number of rotatable bonds is 6. The second-order valence-electron chi connectivity index (χ2n) is 7.46. The third-order valence-corrected chi connectivity index (χ3v) is 5.36. The van der Waals surface area contributed by atoms with E-state index in [-0.39, 0.29) is 18.0 Å². The lowest BCUT2D eigenvalue weighted by Gasteiger charge is -2.12. The average Bonchev–Trinajstić information content (AvgIpc) is 3.07. The highest BCUT2D eigenvalue weighted by Crippen LogP contribution is 2.23. The molecule has 0 radical (unpaired) electrons. The monoisotopic (exact) mass is 419 g/mol. The number of ketones is 1. The number of hydrogen-bond acceptors (Lipinski definition) is 5. The van der Waals surface area contributed by atoms with Crippen LogP contribution < -0.4 is 0 Å². The largest absolute Gasteiger partial charge is 0.465 e. The van der Waals surface area contributed by atoms with Gasteiger partial charge >= 0.3 is 11.9 Å². The van der Waals surface area contributed by atoms with Crippen molar-refractivity contribution in [2.24, 2.45) is 0 Å². The van der Waals surface area contributed by atoms with Crippen molar-refractivity contribution in [3.05, 3.63) is 87.7 Å². The van der Waals surface area contributed by atoms with Gasteiger partial charge in [0.25, 0.3) is 0 Å². The molecule has 0 aliphatic carbocycles. The molecule has 1 aromatic heterocycles. The van der Waals surface area contributed by atoms with E-state index in [0.717, 1.165) is 17.1 Å². The molecule has 0 saturated carbocycles.